The minimum absolute atomic E-state index is 0.0849. The van der Waals surface area contributed by atoms with Crippen molar-refractivity contribution in [1.29, 1.82) is 0 Å². The van der Waals surface area contributed by atoms with Crippen LogP contribution in [0.15, 0.2) is 12.1 Å². The maximum atomic E-state index is 10.4. The zero-order valence-corrected chi connectivity index (χ0v) is 12.4. The van der Waals surface area contributed by atoms with Crippen molar-refractivity contribution in [2.75, 3.05) is 0 Å². The number of phenols is 1. The van der Waals surface area contributed by atoms with Gasteiger partial charge >= 0.3 is 0 Å². The van der Waals surface area contributed by atoms with Crippen LogP contribution in [0.2, 0.25) is 0 Å². The number of benzene rings is 1. The van der Waals surface area contributed by atoms with Crippen molar-refractivity contribution in [3.05, 3.63) is 28.8 Å². The molecule has 0 unspecified atom stereocenters. The minimum atomic E-state index is -0.0849. The van der Waals surface area contributed by atoms with E-state index in [4.69, 9.17) is 12.2 Å². The molecule has 1 aromatic rings. The van der Waals surface area contributed by atoms with E-state index >= 15 is 0 Å². The Morgan fingerprint density at radius 3 is 1.53 bits per heavy atom. The van der Waals surface area contributed by atoms with Crippen LogP contribution < -0.4 is 0 Å². The summed E-state index contributed by atoms with van der Waals surface area (Å²) in [7, 11) is 0. The van der Waals surface area contributed by atoms with Crippen molar-refractivity contribution in [2.45, 2.75) is 52.4 Å². The van der Waals surface area contributed by atoms with Gasteiger partial charge in [0.05, 0.1) is 0 Å². The van der Waals surface area contributed by atoms with E-state index in [2.05, 4.69) is 41.5 Å². The summed E-state index contributed by atoms with van der Waals surface area (Å²) in [4.78, 5) is 0. The van der Waals surface area contributed by atoms with Gasteiger partial charge in [0.15, 0.2) is 0 Å². The molecule has 0 saturated carbocycles. The predicted octanol–water partition coefficient (Wildman–Crippen LogP) is 4.34. The summed E-state index contributed by atoms with van der Waals surface area (Å²) in [6.07, 6.45) is 0. The molecule has 1 rings (SSSR count). The van der Waals surface area contributed by atoms with Crippen LogP contribution in [0.25, 0.3) is 0 Å². The average molecular weight is 250 g/mol. The van der Waals surface area contributed by atoms with Crippen LogP contribution in [0.5, 0.6) is 5.75 Å². The van der Waals surface area contributed by atoms with Crippen LogP contribution in [0, 0.1) is 0 Å². The highest BCUT2D eigenvalue weighted by atomic mass is 32.1. The Labute approximate surface area is 110 Å². The molecule has 0 radical (unpaired) electrons. The predicted molar refractivity (Wildman–Crippen MR) is 78.3 cm³/mol. The lowest BCUT2D eigenvalue weighted by atomic mass is 9.78. The molecule has 0 bridgehead atoms. The minimum Gasteiger partial charge on any atom is -0.507 e. The van der Waals surface area contributed by atoms with Gasteiger partial charge in [-0.25, -0.2) is 0 Å². The van der Waals surface area contributed by atoms with E-state index in [1.807, 2.05) is 12.1 Å². The SMILES string of the molecule is CC(C)(C)c1cc(C=S)cc(C(C)(C)C)c1O. The number of aromatic hydroxyl groups is 1. The van der Waals surface area contributed by atoms with Crippen LogP contribution >= 0.6 is 12.2 Å². The number of phenolic OH excluding ortho intramolecular Hbond substituents is 1. The van der Waals surface area contributed by atoms with Gasteiger partial charge in [0.2, 0.25) is 0 Å². The Bertz CT molecular complexity index is 398. The molecule has 0 aliphatic rings. The Kier molecular flexibility index (Phi) is 3.68. The number of hydrogen-bond acceptors (Lipinski definition) is 2. The van der Waals surface area contributed by atoms with E-state index < -0.39 is 0 Å². The molecular formula is C15H22OS. The van der Waals surface area contributed by atoms with Crippen LogP contribution in [0.1, 0.15) is 58.2 Å². The second kappa shape index (κ2) is 4.41. The van der Waals surface area contributed by atoms with Crippen LogP contribution in [0.3, 0.4) is 0 Å². The van der Waals surface area contributed by atoms with Crippen molar-refractivity contribution in [3.63, 3.8) is 0 Å². The molecule has 17 heavy (non-hydrogen) atoms. The number of rotatable bonds is 1. The smallest absolute Gasteiger partial charge is 0.123 e. The second-order valence-corrected chi connectivity index (χ2v) is 6.82. The highest BCUT2D eigenvalue weighted by Crippen LogP contribution is 2.39. The fourth-order valence-electron chi connectivity index (χ4n) is 1.87. The lowest BCUT2D eigenvalue weighted by molar-refractivity contribution is 0.423. The van der Waals surface area contributed by atoms with E-state index in [0.717, 1.165) is 16.7 Å². The van der Waals surface area contributed by atoms with Gasteiger partial charge in [0, 0.05) is 16.5 Å². The molecule has 1 N–H and O–H groups in total. The first kappa shape index (κ1) is 14.2. The van der Waals surface area contributed by atoms with Gasteiger partial charge < -0.3 is 5.11 Å². The number of hydrogen-bond donors (Lipinski definition) is 1. The first-order valence-corrected chi connectivity index (χ1v) is 6.37. The first-order chi connectivity index (χ1) is 7.57. The molecule has 0 saturated heterocycles. The van der Waals surface area contributed by atoms with Crippen molar-refractivity contribution in [3.8, 4) is 5.75 Å². The van der Waals surface area contributed by atoms with Gasteiger partial charge in [-0.15, -0.1) is 0 Å². The van der Waals surface area contributed by atoms with Crippen molar-refractivity contribution in [1.82, 2.24) is 0 Å². The van der Waals surface area contributed by atoms with Crippen molar-refractivity contribution in [2.24, 2.45) is 0 Å². The van der Waals surface area contributed by atoms with Gasteiger partial charge in [0.1, 0.15) is 5.75 Å². The summed E-state index contributed by atoms with van der Waals surface area (Å²) in [5, 5.41) is 12.1. The molecule has 0 aliphatic carbocycles. The highest BCUT2D eigenvalue weighted by molar-refractivity contribution is 7.79. The molecule has 1 aromatic carbocycles. The Morgan fingerprint density at radius 1 is 0.941 bits per heavy atom. The number of thiocarbonyl (C=S) groups is 1. The Balaban J connectivity index is 3.59. The Hall–Kier alpha value is -0.890. The molecule has 0 heterocycles. The van der Waals surface area contributed by atoms with Gasteiger partial charge in [-0.3, -0.25) is 0 Å². The summed E-state index contributed by atoms with van der Waals surface area (Å²) in [5.41, 5.74) is 2.74. The summed E-state index contributed by atoms with van der Waals surface area (Å²) in [6.45, 7) is 12.6. The highest BCUT2D eigenvalue weighted by Gasteiger charge is 2.25. The van der Waals surface area contributed by atoms with E-state index in [0.29, 0.717) is 5.75 Å². The summed E-state index contributed by atoms with van der Waals surface area (Å²) >= 11 is 5.02. The quantitative estimate of drug-likeness (QED) is 0.748. The maximum absolute atomic E-state index is 10.4. The van der Waals surface area contributed by atoms with Crippen molar-refractivity contribution < 1.29 is 5.11 Å². The standard InChI is InChI=1S/C15H22OS/c1-14(2,3)11-7-10(9-17)8-12(13(11)16)15(4,5)6/h7-9,16H,1-6H3. The fourth-order valence-corrected chi connectivity index (χ4v) is 2.00. The van der Waals surface area contributed by atoms with Gasteiger partial charge in [-0.1, -0.05) is 53.8 Å². The summed E-state index contributed by atoms with van der Waals surface area (Å²) < 4.78 is 0. The zero-order chi connectivity index (χ0) is 13.4. The zero-order valence-electron chi connectivity index (χ0n) is 11.6. The van der Waals surface area contributed by atoms with E-state index in [-0.39, 0.29) is 10.8 Å². The third-order valence-corrected chi connectivity index (χ3v) is 3.16. The third kappa shape index (κ3) is 3.06. The van der Waals surface area contributed by atoms with Crippen LogP contribution in [-0.4, -0.2) is 10.5 Å². The molecule has 1 nitrogen and oxygen atoms in total. The molecule has 0 amide bonds. The molecule has 0 aliphatic heterocycles. The molecule has 0 spiro atoms. The Morgan fingerprint density at radius 2 is 1.29 bits per heavy atom. The monoisotopic (exact) mass is 250 g/mol. The van der Waals surface area contributed by atoms with E-state index in [1.54, 1.807) is 5.37 Å². The molecule has 94 valence electrons. The summed E-state index contributed by atoms with van der Waals surface area (Å²) in [6, 6.07) is 3.97. The van der Waals surface area contributed by atoms with Crippen LogP contribution in [-0.2, 0) is 10.8 Å². The maximum Gasteiger partial charge on any atom is 0.123 e. The summed E-state index contributed by atoms with van der Waals surface area (Å²) in [5.74, 6) is 0.408. The largest absolute Gasteiger partial charge is 0.507 e. The van der Waals surface area contributed by atoms with E-state index in [1.165, 1.54) is 0 Å². The average Bonchev–Trinajstić information content (AvgIpc) is 2.14. The normalized spacial score (nSPS) is 12.6. The third-order valence-electron chi connectivity index (χ3n) is 2.88. The van der Waals surface area contributed by atoms with Gasteiger partial charge in [0.25, 0.3) is 0 Å². The van der Waals surface area contributed by atoms with E-state index in [9.17, 15) is 5.11 Å². The van der Waals surface area contributed by atoms with Crippen LogP contribution in [0.4, 0.5) is 0 Å². The first-order valence-electron chi connectivity index (χ1n) is 5.90. The van der Waals surface area contributed by atoms with Gasteiger partial charge in [-0.2, -0.15) is 0 Å². The topological polar surface area (TPSA) is 20.2 Å². The molecule has 2 heteroatoms. The van der Waals surface area contributed by atoms with Crippen molar-refractivity contribution >= 4 is 17.6 Å². The lowest BCUT2D eigenvalue weighted by Crippen LogP contribution is -2.17. The fraction of sp³-hybridized carbons (Fsp3) is 0.533. The molecular weight excluding hydrogens is 228 g/mol. The lowest BCUT2D eigenvalue weighted by Gasteiger charge is -2.27. The molecule has 0 fully saturated rings. The molecule has 0 atom stereocenters. The van der Waals surface area contributed by atoms with Gasteiger partial charge in [-0.05, 0) is 28.5 Å². The second-order valence-electron chi connectivity index (χ2n) is 6.58. The molecule has 0 aromatic heterocycles.